The summed E-state index contributed by atoms with van der Waals surface area (Å²) >= 11 is 0. The maximum atomic E-state index is 10.6. The summed E-state index contributed by atoms with van der Waals surface area (Å²) in [5.41, 5.74) is 1.49. The van der Waals surface area contributed by atoms with Crippen LogP contribution in [0.4, 0.5) is 0 Å². The first-order chi connectivity index (χ1) is 6.99. The van der Waals surface area contributed by atoms with Crippen molar-refractivity contribution in [3.05, 3.63) is 36.4 Å². The molecule has 15 heavy (non-hydrogen) atoms. The molecule has 0 saturated carbocycles. The number of pyridine rings is 1. The summed E-state index contributed by atoms with van der Waals surface area (Å²) in [5.74, 6) is 0. The highest BCUT2D eigenvalue weighted by molar-refractivity contribution is 5.92. The van der Waals surface area contributed by atoms with Crippen LogP contribution in [0.2, 0.25) is 0 Å². The van der Waals surface area contributed by atoms with Crippen LogP contribution >= 0.6 is 0 Å². The number of allylic oxidation sites excluding steroid dienone is 1. The average molecular weight is 206 g/mol. The van der Waals surface area contributed by atoms with Gasteiger partial charge in [-0.3, -0.25) is 4.79 Å². The van der Waals surface area contributed by atoms with Crippen molar-refractivity contribution in [2.45, 2.75) is 26.2 Å². The molecule has 0 amide bonds. The van der Waals surface area contributed by atoms with Crippen LogP contribution in [0.1, 0.15) is 26.3 Å². The zero-order valence-corrected chi connectivity index (χ0v) is 9.27. The van der Waals surface area contributed by atoms with E-state index < -0.39 is 0 Å². The lowest BCUT2D eigenvalue weighted by Gasteiger charge is -2.17. The second-order valence-corrected chi connectivity index (χ2v) is 4.42. The van der Waals surface area contributed by atoms with Crippen molar-refractivity contribution in [1.82, 2.24) is 0 Å². The van der Waals surface area contributed by atoms with Crippen LogP contribution in [0.25, 0.3) is 5.70 Å². The third kappa shape index (κ3) is 2.65. The van der Waals surface area contributed by atoms with E-state index in [9.17, 15) is 4.79 Å². The highest BCUT2D eigenvalue weighted by atomic mass is 16.2. The predicted octanol–water partition coefficient (Wildman–Crippen LogP) is 1.83. The van der Waals surface area contributed by atoms with Crippen LogP contribution in [-0.2, 0) is 10.2 Å². The predicted molar refractivity (Wildman–Crippen MR) is 58.3 cm³/mol. The highest BCUT2D eigenvalue weighted by Gasteiger charge is 2.16. The van der Waals surface area contributed by atoms with E-state index in [-0.39, 0.29) is 11.1 Å². The molecule has 0 spiro atoms. The number of hydrogen-bond donors (Lipinski definition) is 1. The minimum atomic E-state index is 0.0867. The van der Waals surface area contributed by atoms with Crippen LogP contribution in [0.5, 0.6) is 0 Å². The van der Waals surface area contributed by atoms with E-state index in [0.29, 0.717) is 6.29 Å². The van der Waals surface area contributed by atoms with Gasteiger partial charge in [0, 0.05) is 12.1 Å². The van der Waals surface area contributed by atoms with Crippen LogP contribution in [-0.4, -0.2) is 11.4 Å². The Hall–Kier alpha value is -1.64. The molecule has 0 aliphatic rings. The Morgan fingerprint density at radius 2 is 1.87 bits per heavy atom. The number of carbonyl (C=O) groups excluding carboxylic acids is 1. The lowest BCUT2D eigenvalue weighted by atomic mass is 9.88. The largest absolute Gasteiger partial charge is 0.509 e. The van der Waals surface area contributed by atoms with Gasteiger partial charge in [0.2, 0.25) is 6.29 Å². The van der Waals surface area contributed by atoms with Crippen molar-refractivity contribution in [3.8, 4) is 0 Å². The topological polar surface area (TPSA) is 41.2 Å². The fourth-order valence-corrected chi connectivity index (χ4v) is 1.26. The number of aldehydes is 1. The van der Waals surface area contributed by atoms with Crippen LogP contribution < -0.4 is 4.57 Å². The Bertz CT molecular complexity index is 372. The van der Waals surface area contributed by atoms with E-state index >= 15 is 0 Å². The van der Waals surface area contributed by atoms with E-state index in [2.05, 4.69) is 20.8 Å². The molecule has 1 rings (SSSR count). The zero-order chi connectivity index (χ0) is 11.5. The van der Waals surface area contributed by atoms with Gasteiger partial charge < -0.3 is 5.11 Å². The van der Waals surface area contributed by atoms with Gasteiger partial charge in [-0.15, -0.1) is 0 Å². The molecule has 1 aromatic rings. The lowest BCUT2D eigenvalue weighted by Crippen LogP contribution is -2.32. The molecule has 0 radical (unpaired) electrons. The molecule has 0 fully saturated rings. The summed E-state index contributed by atoms with van der Waals surface area (Å²) in [6.45, 7) is 6.36. The Kier molecular flexibility index (Phi) is 3.24. The second kappa shape index (κ2) is 4.26. The van der Waals surface area contributed by atoms with Crippen LogP contribution in [0, 0.1) is 0 Å². The van der Waals surface area contributed by atoms with Gasteiger partial charge in [-0.2, -0.15) is 4.57 Å². The van der Waals surface area contributed by atoms with E-state index in [1.54, 1.807) is 17.0 Å². The summed E-state index contributed by atoms with van der Waals surface area (Å²) in [4.78, 5) is 10.6. The third-order valence-electron chi connectivity index (χ3n) is 2.25. The Balaban J connectivity index is 3.05. The van der Waals surface area contributed by atoms with Crippen molar-refractivity contribution in [2.24, 2.45) is 0 Å². The number of nitrogens with zero attached hydrogens (tertiary/aromatic N) is 1. The molecule has 0 unspecified atom stereocenters. The molecule has 80 valence electrons. The van der Waals surface area contributed by atoms with Crippen molar-refractivity contribution < 1.29 is 14.5 Å². The number of aliphatic hydroxyl groups is 1. The van der Waals surface area contributed by atoms with E-state index in [1.807, 2.05) is 12.1 Å². The third-order valence-corrected chi connectivity index (χ3v) is 2.25. The molecule has 3 heteroatoms. The van der Waals surface area contributed by atoms with Crippen molar-refractivity contribution in [1.29, 1.82) is 0 Å². The van der Waals surface area contributed by atoms with Crippen molar-refractivity contribution >= 4 is 12.0 Å². The van der Waals surface area contributed by atoms with Gasteiger partial charge in [0.05, 0.1) is 0 Å². The summed E-state index contributed by atoms with van der Waals surface area (Å²) < 4.78 is 1.57. The van der Waals surface area contributed by atoms with Gasteiger partial charge in [0.1, 0.15) is 0 Å². The van der Waals surface area contributed by atoms with Gasteiger partial charge in [-0.25, -0.2) is 0 Å². The molecule has 1 aromatic heterocycles. The molecule has 0 saturated heterocycles. The van der Waals surface area contributed by atoms with Crippen molar-refractivity contribution in [2.75, 3.05) is 0 Å². The average Bonchev–Trinajstić information content (AvgIpc) is 2.19. The van der Waals surface area contributed by atoms with Crippen LogP contribution in [0.15, 0.2) is 30.8 Å². The smallest absolute Gasteiger partial charge is 0.285 e. The lowest BCUT2D eigenvalue weighted by molar-refractivity contribution is -0.577. The Labute approximate surface area is 89.7 Å². The molecule has 0 aliphatic heterocycles. The zero-order valence-electron chi connectivity index (χ0n) is 9.27. The summed E-state index contributed by atoms with van der Waals surface area (Å²) in [5, 5.41) is 8.79. The number of aliphatic hydroxyl groups excluding tert-OH is 1. The Morgan fingerprint density at radius 3 is 2.20 bits per heavy atom. The maximum absolute atomic E-state index is 10.6. The molecule has 0 aliphatic carbocycles. The monoisotopic (exact) mass is 206 g/mol. The molecule has 0 bridgehead atoms. The number of rotatable bonds is 2. The van der Waals surface area contributed by atoms with Gasteiger partial charge in [0.25, 0.3) is 5.70 Å². The highest BCUT2D eigenvalue weighted by Crippen LogP contribution is 2.20. The van der Waals surface area contributed by atoms with Crippen LogP contribution in [0.3, 0.4) is 0 Å². The molecule has 0 aromatic carbocycles. The summed E-state index contributed by atoms with van der Waals surface area (Å²) in [6, 6.07) is 3.88. The molecular weight excluding hydrogens is 190 g/mol. The van der Waals surface area contributed by atoms with Gasteiger partial charge >= 0.3 is 0 Å². The first kappa shape index (κ1) is 11.4. The minimum absolute atomic E-state index is 0.0867. The molecule has 0 atom stereocenters. The normalized spacial score (nSPS) is 12.6. The standard InChI is InChI=1S/C12H15NO2/c1-12(2,3)10-4-6-13(7-5-10)11(8-14)9-15/h4-9H,1-3H3/p+1. The molecule has 3 nitrogen and oxygen atoms in total. The number of hydrogen-bond acceptors (Lipinski definition) is 2. The fourth-order valence-electron chi connectivity index (χ4n) is 1.26. The van der Waals surface area contributed by atoms with E-state index in [0.717, 1.165) is 6.26 Å². The van der Waals surface area contributed by atoms with Crippen molar-refractivity contribution in [3.63, 3.8) is 0 Å². The molecular formula is C12H16NO2+. The first-order valence-corrected chi connectivity index (χ1v) is 4.81. The molecule has 1 N–H and O–H groups in total. The SMILES string of the molecule is CC(C)(C)c1cc[n+](/C(C=O)=C/O)cc1. The summed E-state index contributed by atoms with van der Waals surface area (Å²) in [7, 11) is 0. The van der Waals surface area contributed by atoms with Gasteiger partial charge in [-0.05, 0) is 11.0 Å². The maximum Gasteiger partial charge on any atom is 0.285 e. The van der Waals surface area contributed by atoms with E-state index in [1.165, 1.54) is 5.56 Å². The quantitative estimate of drug-likeness (QED) is 0.347. The Morgan fingerprint density at radius 1 is 1.33 bits per heavy atom. The number of carbonyl (C=O) groups is 1. The first-order valence-electron chi connectivity index (χ1n) is 4.81. The van der Waals surface area contributed by atoms with Gasteiger partial charge in [0.15, 0.2) is 18.7 Å². The second-order valence-electron chi connectivity index (χ2n) is 4.42. The summed E-state index contributed by atoms with van der Waals surface area (Å²) in [6.07, 6.45) is 4.93. The van der Waals surface area contributed by atoms with E-state index in [4.69, 9.17) is 5.11 Å². The van der Waals surface area contributed by atoms with Gasteiger partial charge in [-0.1, -0.05) is 20.8 Å². The molecule has 1 heterocycles. The fraction of sp³-hybridized carbons (Fsp3) is 0.333. The minimum Gasteiger partial charge on any atom is -0.509 e. The number of aromatic nitrogens is 1.